The number of likely N-dealkylation sites (N-methyl/N-ethyl adjacent to an activating group) is 1. The Labute approximate surface area is 119 Å². The molecular formula is C16H25N3O. The zero-order valence-corrected chi connectivity index (χ0v) is 12.3. The molecule has 0 amide bonds. The fourth-order valence-electron chi connectivity index (χ4n) is 5.40. The van der Waals surface area contributed by atoms with E-state index in [-0.39, 0.29) is 5.56 Å². The van der Waals surface area contributed by atoms with E-state index in [0.717, 1.165) is 42.2 Å². The summed E-state index contributed by atoms with van der Waals surface area (Å²) >= 11 is 0. The van der Waals surface area contributed by atoms with Crippen molar-refractivity contribution in [3.05, 3.63) is 22.1 Å². The number of hydrogen-bond donors (Lipinski definition) is 2. The Balaban J connectivity index is 1.61. The highest BCUT2D eigenvalue weighted by Crippen LogP contribution is 2.57. The molecule has 0 aromatic carbocycles. The minimum Gasteiger partial charge on any atom is -0.319 e. The van der Waals surface area contributed by atoms with Gasteiger partial charge >= 0.3 is 0 Å². The second-order valence-electron chi connectivity index (χ2n) is 7.25. The Morgan fingerprint density at radius 2 is 1.85 bits per heavy atom. The van der Waals surface area contributed by atoms with Gasteiger partial charge in [0, 0.05) is 11.8 Å². The van der Waals surface area contributed by atoms with Gasteiger partial charge in [-0.1, -0.05) is 0 Å². The molecule has 1 aromatic heterocycles. The van der Waals surface area contributed by atoms with Crippen molar-refractivity contribution in [2.45, 2.75) is 44.6 Å². The predicted octanol–water partition coefficient (Wildman–Crippen LogP) is 1.94. The van der Waals surface area contributed by atoms with Gasteiger partial charge in [-0.3, -0.25) is 4.79 Å². The summed E-state index contributed by atoms with van der Waals surface area (Å²) in [6.45, 7) is 0.870. The van der Waals surface area contributed by atoms with Gasteiger partial charge in [-0.15, -0.1) is 0 Å². The number of rotatable bonds is 4. The molecule has 4 aliphatic rings. The first kappa shape index (κ1) is 12.7. The maximum atomic E-state index is 12.6. The van der Waals surface area contributed by atoms with Crippen LogP contribution in [0.2, 0.25) is 0 Å². The molecule has 4 fully saturated rings. The quantitative estimate of drug-likeness (QED) is 0.882. The summed E-state index contributed by atoms with van der Waals surface area (Å²) in [6.07, 6.45) is 9.65. The maximum Gasteiger partial charge on any atom is 0.269 e. The number of aromatic nitrogens is 2. The lowest BCUT2D eigenvalue weighted by molar-refractivity contribution is -0.0348. The maximum absolute atomic E-state index is 12.6. The molecule has 0 atom stereocenters. The first-order valence-electron chi connectivity index (χ1n) is 8.19. The molecule has 4 aliphatic carbocycles. The largest absolute Gasteiger partial charge is 0.319 e. The van der Waals surface area contributed by atoms with Gasteiger partial charge in [-0.25, -0.2) is 4.68 Å². The average Bonchev–Trinajstić information content (AvgIpc) is 2.77. The molecule has 1 aromatic rings. The van der Waals surface area contributed by atoms with Crippen LogP contribution in [0.15, 0.2) is 11.0 Å². The van der Waals surface area contributed by atoms with Crippen LogP contribution < -0.4 is 10.9 Å². The normalized spacial score (nSPS) is 38.5. The second kappa shape index (κ2) is 4.76. The highest BCUT2D eigenvalue weighted by atomic mass is 16.1. The Kier molecular flexibility index (Phi) is 3.02. The van der Waals surface area contributed by atoms with Crippen molar-refractivity contribution in [2.75, 3.05) is 13.6 Å². The van der Waals surface area contributed by atoms with E-state index in [1.807, 2.05) is 17.9 Å². The minimum atomic E-state index is 0.234. The Bertz CT molecular complexity index is 516. The third-order valence-corrected chi connectivity index (χ3v) is 5.99. The number of hydrogen-bond acceptors (Lipinski definition) is 2. The van der Waals surface area contributed by atoms with E-state index in [4.69, 9.17) is 0 Å². The summed E-state index contributed by atoms with van der Waals surface area (Å²) < 4.78 is 1.98. The summed E-state index contributed by atoms with van der Waals surface area (Å²) in [5.41, 5.74) is 1.17. The van der Waals surface area contributed by atoms with E-state index < -0.39 is 0 Å². The number of aromatic amines is 1. The summed E-state index contributed by atoms with van der Waals surface area (Å²) in [6, 6.07) is 0.457. The molecule has 4 saturated carbocycles. The lowest BCUT2D eigenvalue weighted by Gasteiger charge is -2.54. The SMILES string of the molecule is CNCCc1c[nH]n(C2C3CC4CC(C3)CC2C4)c1=O. The van der Waals surface area contributed by atoms with Crippen molar-refractivity contribution in [2.24, 2.45) is 23.7 Å². The van der Waals surface area contributed by atoms with Crippen molar-refractivity contribution in [3.63, 3.8) is 0 Å². The number of H-pyrrole nitrogens is 1. The summed E-state index contributed by atoms with van der Waals surface area (Å²) in [5, 5.41) is 6.41. The smallest absolute Gasteiger partial charge is 0.269 e. The molecule has 0 spiro atoms. The van der Waals surface area contributed by atoms with Gasteiger partial charge in [-0.05, 0) is 75.8 Å². The van der Waals surface area contributed by atoms with Gasteiger partial charge in [-0.2, -0.15) is 0 Å². The average molecular weight is 275 g/mol. The van der Waals surface area contributed by atoms with Crippen LogP contribution in [-0.2, 0) is 6.42 Å². The van der Waals surface area contributed by atoms with Gasteiger partial charge < -0.3 is 10.4 Å². The summed E-state index contributed by atoms with van der Waals surface area (Å²) in [5.74, 6) is 3.42. The van der Waals surface area contributed by atoms with Crippen LogP contribution in [0.4, 0.5) is 0 Å². The molecule has 0 radical (unpaired) electrons. The van der Waals surface area contributed by atoms with E-state index in [1.54, 1.807) is 0 Å². The first-order valence-corrected chi connectivity index (χ1v) is 8.19. The Morgan fingerprint density at radius 3 is 2.45 bits per heavy atom. The van der Waals surface area contributed by atoms with Crippen LogP contribution in [0.1, 0.15) is 43.7 Å². The van der Waals surface area contributed by atoms with E-state index in [1.165, 1.54) is 32.1 Å². The molecule has 5 rings (SSSR count). The Morgan fingerprint density at radius 1 is 1.20 bits per heavy atom. The standard InChI is InChI=1S/C16H25N3O/c1-17-3-2-12-9-18-19(16(12)20)15-13-5-10-4-11(7-13)8-14(15)6-10/h9-11,13-15,17-18H,2-8H2,1H3. The molecule has 1 heterocycles. The van der Waals surface area contributed by atoms with Crippen molar-refractivity contribution < 1.29 is 0 Å². The van der Waals surface area contributed by atoms with E-state index in [2.05, 4.69) is 10.4 Å². The topological polar surface area (TPSA) is 49.8 Å². The van der Waals surface area contributed by atoms with Crippen LogP contribution in [0.3, 0.4) is 0 Å². The monoisotopic (exact) mass is 275 g/mol. The van der Waals surface area contributed by atoms with Crippen LogP contribution in [0, 0.1) is 23.7 Å². The molecule has 110 valence electrons. The van der Waals surface area contributed by atoms with E-state index in [0.29, 0.717) is 6.04 Å². The molecule has 4 bridgehead atoms. The van der Waals surface area contributed by atoms with Gasteiger partial charge in [0.05, 0.1) is 6.04 Å². The van der Waals surface area contributed by atoms with Crippen molar-refractivity contribution in [1.82, 2.24) is 15.1 Å². The first-order chi connectivity index (χ1) is 9.76. The van der Waals surface area contributed by atoms with Crippen molar-refractivity contribution in [1.29, 1.82) is 0 Å². The second-order valence-corrected chi connectivity index (χ2v) is 7.25. The van der Waals surface area contributed by atoms with Crippen molar-refractivity contribution >= 4 is 0 Å². The predicted molar refractivity (Wildman–Crippen MR) is 78.8 cm³/mol. The van der Waals surface area contributed by atoms with Gasteiger partial charge in [0.15, 0.2) is 0 Å². The third-order valence-electron chi connectivity index (χ3n) is 5.99. The molecule has 2 N–H and O–H groups in total. The zero-order chi connectivity index (χ0) is 13.7. The van der Waals surface area contributed by atoms with Crippen molar-refractivity contribution in [3.8, 4) is 0 Å². The molecule has 0 aliphatic heterocycles. The van der Waals surface area contributed by atoms with Crippen LogP contribution in [0.25, 0.3) is 0 Å². The third kappa shape index (κ3) is 1.88. The van der Waals surface area contributed by atoms with Gasteiger partial charge in [0.25, 0.3) is 5.56 Å². The minimum absolute atomic E-state index is 0.234. The van der Waals surface area contributed by atoms with E-state index in [9.17, 15) is 4.79 Å². The highest BCUT2D eigenvalue weighted by Gasteiger charge is 2.49. The number of nitrogens with one attached hydrogen (secondary N) is 2. The summed E-state index contributed by atoms with van der Waals surface area (Å²) in [7, 11) is 1.93. The molecule has 20 heavy (non-hydrogen) atoms. The van der Waals surface area contributed by atoms with Gasteiger partial charge in [0.2, 0.25) is 0 Å². The van der Waals surface area contributed by atoms with E-state index >= 15 is 0 Å². The van der Waals surface area contributed by atoms with Crippen LogP contribution in [-0.4, -0.2) is 23.4 Å². The van der Waals surface area contributed by atoms with Gasteiger partial charge in [0.1, 0.15) is 0 Å². The Hall–Kier alpha value is -1.03. The number of nitrogens with zero attached hydrogens (tertiary/aromatic N) is 1. The molecule has 4 nitrogen and oxygen atoms in total. The molecule has 0 saturated heterocycles. The molecule has 4 heteroatoms. The zero-order valence-electron chi connectivity index (χ0n) is 12.3. The molecular weight excluding hydrogens is 250 g/mol. The van der Waals surface area contributed by atoms with Crippen LogP contribution in [0.5, 0.6) is 0 Å². The fourth-order valence-corrected chi connectivity index (χ4v) is 5.40. The lowest BCUT2D eigenvalue weighted by Crippen LogP contribution is -2.48. The van der Waals surface area contributed by atoms with Crippen LogP contribution >= 0.6 is 0 Å². The fraction of sp³-hybridized carbons (Fsp3) is 0.812. The molecule has 0 unspecified atom stereocenters. The summed E-state index contributed by atoms with van der Waals surface area (Å²) in [4.78, 5) is 12.6. The highest BCUT2D eigenvalue weighted by molar-refractivity contribution is 5.08. The lowest BCUT2D eigenvalue weighted by atomic mass is 9.54.